The molecular weight excluding hydrogens is 363 g/mol. The molecule has 8 heteroatoms. The lowest BCUT2D eigenvalue weighted by Gasteiger charge is -2.31. The second-order valence-corrected chi connectivity index (χ2v) is 7.76. The van der Waals surface area contributed by atoms with E-state index in [0.717, 1.165) is 12.8 Å². The van der Waals surface area contributed by atoms with Crippen LogP contribution in [0.1, 0.15) is 18.4 Å². The van der Waals surface area contributed by atoms with Gasteiger partial charge in [-0.15, -0.1) is 0 Å². The number of nitrogens with zero attached hydrogens (tertiary/aromatic N) is 1. The van der Waals surface area contributed by atoms with Gasteiger partial charge in [-0.25, -0.2) is 4.39 Å². The Kier molecular flexibility index (Phi) is 5.24. The van der Waals surface area contributed by atoms with Crippen molar-refractivity contribution >= 4 is 31.8 Å². The average Bonchev–Trinajstić information content (AvgIpc) is 2.44. The second kappa shape index (κ2) is 6.60. The molecule has 0 aliphatic carbocycles. The first-order chi connectivity index (χ1) is 9.83. The zero-order valence-corrected chi connectivity index (χ0v) is 14.0. The molecule has 0 amide bonds. The summed E-state index contributed by atoms with van der Waals surface area (Å²) < 4.78 is 42.2. The first kappa shape index (κ1) is 16.7. The Morgan fingerprint density at radius 2 is 2.24 bits per heavy atom. The first-order valence-corrected chi connectivity index (χ1v) is 8.91. The summed E-state index contributed by atoms with van der Waals surface area (Å²) in [5, 5.41) is 9.19. The number of piperidine rings is 1. The van der Waals surface area contributed by atoms with Crippen LogP contribution < -0.4 is 4.72 Å². The van der Waals surface area contributed by atoms with Gasteiger partial charge in [-0.05, 0) is 59.3 Å². The second-order valence-electron chi connectivity index (χ2n) is 5.24. The largest absolute Gasteiger partial charge is 0.396 e. The molecule has 1 atom stereocenters. The third-order valence-electron chi connectivity index (χ3n) is 3.59. The van der Waals surface area contributed by atoms with Gasteiger partial charge in [0.25, 0.3) is 0 Å². The summed E-state index contributed by atoms with van der Waals surface area (Å²) in [7, 11) is -3.70. The summed E-state index contributed by atoms with van der Waals surface area (Å²) in [4.78, 5) is 0. The van der Waals surface area contributed by atoms with Crippen LogP contribution in [0.2, 0.25) is 0 Å². The molecule has 1 aliphatic heterocycles. The number of nitrogens with one attached hydrogen (secondary N) is 1. The fourth-order valence-electron chi connectivity index (χ4n) is 2.35. The highest BCUT2D eigenvalue weighted by Crippen LogP contribution is 2.26. The number of halogens is 2. The number of aryl methyl sites for hydroxylation is 1. The van der Waals surface area contributed by atoms with E-state index in [1.54, 1.807) is 6.92 Å². The van der Waals surface area contributed by atoms with Crippen molar-refractivity contribution in [3.05, 3.63) is 28.0 Å². The van der Waals surface area contributed by atoms with E-state index in [0.29, 0.717) is 24.3 Å². The maximum Gasteiger partial charge on any atom is 0.301 e. The van der Waals surface area contributed by atoms with Gasteiger partial charge in [-0.2, -0.15) is 12.7 Å². The summed E-state index contributed by atoms with van der Waals surface area (Å²) in [6.07, 6.45) is 1.54. The number of aliphatic hydroxyl groups excluding tert-OH is 1. The van der Waals surface area contributed by atoms with E-state index >= 15 is 0 Å². The molecule has 0 radical (unpaired) electrons. The molecule has 1 aromatic carbocycles. The Balaban J connectivity index is 2.19. The molecular formula is C13H18BrFN2O3S. The maximum absolute atomic E-state index is 13.4. The average molecular weight is 381 g/mol. The summed E-state index contributed by atoms with van der Waals surface area (Å²) >= 11 is 3.05. The minimum Gasteiger partial charge on any atom is -0.396 e. The predicted octanol–water partition coefficient (Wildman–Crippen LogP) is 2.26. The van der Waals surface area contributed by atoms with E-state index in [4.69, 9.17) is 0 Å². The molecule has 1 heterocycles. The molecule has 1 aliphatic rings. The van der Waals surface area contributed by atoms with Crippen molar-refractivity contribution in [1.29, 1.82) is 0 Å². The molecule has 0 saturated carbocycles. The Bertz CT molecular complexity index is 624. The van der Waals surface area contributed by atoms with E-state index < -0.39 is 16.0 Å². The highest BCUT2D eigenvalue weighted by atomic mass is 79.9. The molecule has 2 N–H and O–H groups in total. The van der Waals surface area contributed by atoms with Crippen molar-refractivity contribution in [2.45, 2.75) is 19.8 Å². The van der Waals surface area contributed by atoms with Gasteiger partial charge in [0.05, 0.1) is 10.2 Å². The Morgan fingerprint density at radius 3 is 2.90 bits per heavy atom. The van der Waals surface area contributed by atoms with Crippen molar-refractivity contribution in [3.63, 3.8) is 0 Å². The van der Waals surface area contributed by atoms with Crippen molar-refractivity contribution in [1.82, 2.24) is 4.31 Å². The lowest BCUT2D eigenvalue weighted by Crippen LogP contribution is -2.43. The number of hydrogen-bond acceptors (Lipinski definition) is 3. The molecule has 1 fully saturated rings. The van der Waals surface area contributed by atoms with Gasteiger partial charge in [0.15, 0.2) is 0 Å². The molecule has 5 nitrogen and oxygen atoms in total. The monoisotopic (exact) mass is 380 g/mol. The van der Waals surface area contributed by atoms with Crippen LogP contribution in [0.4, 0.5) is 10.1 Å². The van der Waals surface area contributed by atoms with Crippen LogP contribution in [-0.4, -0.2) is 37.5 Å². The summed E-state index contributed by atoms with van der Waals surface area (Å²) in [5.41, 5.74) is 0.851. The first-order valence-electron chi connectivity index (χ1n) is 6.68. The van der Waals surface area contributed by atoms with Crippen molar-refractivity contribution < 1.29 is 17.9 Å². The minimum absolute atomic E-state index is 0.0207. The maximum atomic E-state index is 13.4. The quantitative estimate of drug-likeness (QED) is 0.841. The van der Waals surface area contributed by atoms with Crippen molar-refractivity contribution in [3.8, 4) is 0 Å². The van der Waals surface area contributed by atoms with Crippen LogP contribution in [0.25, 0.3) is 0 Å². The van der Waals surface area contributed by atoms with E-state index in [1.807, 2.05) is 0 Å². The predicted molar refractivity (Wildman–Crippen MR) is 82.8 cm³/mol. The number of benzene rings is 1. The number of aliphatic hydroxyl groups is 1. The van der Waals surface area contributed by atoms with Crippen LogP contribution in [-0.2, 0) is 10.2 Å². The van der Waals surface area contributed by atoms with Gasteiger partial charge < -0.3 is 5.11 Å². The van der Waals surface area contributed by atoms with Gasteiger partial charge in [-0.1, -0.05) is 0 Å². The Labute approximate surface area is 132 Å². The Hall–Kier alpha value is -0.700. The molecule has 1 aromatic rings. The molecule has 1 unspecified atom stereocenters. The topological polar surface area (TPSA) is 69.6 Å². The van der Waals surface area contributed by atoms with Crippen LogP contribution in [0, 0.1) is 18.7 Å². The van der Waals surface area contributed by atoms with Gasteiger partial charge >= 0.3 is 10.2 Å². The summed E-state index contributed by atoms with van der Waals surface area (Å²) in [6, 6.07) is 2.68. The number of rotatable bonds is 4. The molecule has 0 aromatic heterocycles. The molecule has 21 heavy (non-hydrogen) atoms. The standard InChI is InChI=1S/C13H18BrFN2O3S/c1-9-5-12(15)11(14)6-13(9)16-21(19,20)17-4-2-3-10(7-17)8-18/h5-6,10,16,18H,2-4,7-8H2,1H3. The molecule has 0 bridgehead atoms. The SMILES string of the molecule is Cc1cc(F)c(Br)cc1NS(=O)(=O)N1CCCC(CO)C1. The van der Waals surface area contributed by atoms with Crippen LogP contribution >= 0.6 is 15.9 Å². The molecule has 0 spiro atoms. The van der Waals surface area contributed by atoms with Crippen LogP contribution in [0.3, 0.4) is 0 Å². The highest BCUT2D eigenvalue weighted by Gasteiger charge is 2.29. The van der Waals surface area contributed by atoms with Crippen molar-refractivity contribution in [2.24, 2.45) is 5.92 Å². The van der Waals surface area contributed by atoms with Crippen LogP contribution in [0.15, 0.2) is 16.6 Å². The highest BCUT2D eigenvalue weighted by molar-refractivity contribution is 9.10. The third kappa shape index (κ3) is 3.94. The zero-order valence-electron chi connectivity index (χ0n) is 11.6. The number of hydrogen-bond donors (Lipinski definition) is 2. The smallest absolute Gasteiger partial charge is 0.301 e. The fraction of sp³-hybridized carbons (Fsp3) is 0.538. The van der Waals surface area contributed by atoms with E-state index in [2.05, 4.69) is 20.7 Å². The van der Waals surface area contributed by atoms with Crippen LogP contribution in [0.5, 0.6) is 0 Å². The van der Waals surface area contributed by atoms with Gasteiger partial charge in [0.2, 0.25) is 0 Å². The zero-order chi connectivity index (χ0) is 15.6. The third-order valence-corrected chi connectivity index (χ3v) is 5.68. The summed E-state index contributed by atoms with van der Waals surface area (Å²) in [5.74, 6) is -0.467. The van der Waals surface area contributed by atoms with Gasteiger partial charge in [-0.3, -0.25) is 4.72 Å². The lowest BCUT2D eigenvalue weighted by molar-refractivity contribution is 0.166. The number of anilines is 1. The van der Waals surface area contributed by atoms with Gasteiger partial charge in [0.1, 0.15) is 5.82 Å². The molecule has 2 rings (SSSR count). The lowest BCUT2D eigenvalue weighted by atomic mass is 10.0. The minimum atomic E-state index is -3.70. The Morgan fingerprint density at radius 1 is 1.52 bits per heavy atom. The van der Waals surface area contributed by atoms with E-state index in [1.165, 1.54) is 16.4 Å². The fourth-order valence-corrected chi connectivity index (χ4v) is 4.10. The molecule has 1 saturated heterocycles. The summed E-state index contributed by atoms with van der Waals surface area (Å²) in [6.45, 7) is 2.34. The van der Waals surface area contributed by atoms with E-state index in [-0.39, 0.29) is 17.0 Å². The van der Waals surface area contributed by atoms with Gasteiger partial charge in [0, 0.05) is 19.7 Å². The van der Waals surface area contributed by atoms with Crippen molar-refractivity contribution in [2.75, 3.05) is 24.4 Å². The molecule has 118 valence electrons. The van der Waals surface area contributed by atoms with E-state index in [9.17, 15) is 17.9 Å². The normalized spacial score (nSPS) is 20.5.